The maximum atomic E-state index is 8.45. The largest absolute Gasteiger partial charge is 0.395 e. The van der Waals surface area contributed by atoms with Gasteiger partial charge < -0.3 is 5.73 Å². The van der Waals surface area contributed by atoms with E-state index in [4.69, 9.17) is 11.0 Å². The first kappa shape index (κ1) is 10.5. The monoisotopic (exact) mass is 166 g/mol. The van der Waals surface area contributed by atoms with E-state index < -0.39 is 0 Å². The van der Waals surface area contributed by atoms with Crippen LogP contribution in [-0.2, 0) is 7.05 Å². The topological polar surface area (TPSA) is 67.6 Å². The predicted molar refractivity (Wildman–Crippen MR) is 48.4 cm³/mol. The Bertz CT molecular complexity index is 293. The normalized spacial score (nSPS) is 8.25. The van der Waals surface area contributed by atoms with Gasteiger partial charge in [0.25, 0.3) is 0 Å². The van der Waals surface area contributed by atoms with Crippen LogP contribution in [0.25, 0.3) is 0 Å². The van der Waals surface area contributed by atoms with Gasteiger partial charge >= 0.3 is 0 Å². The minimum Gasteiger partial charge on any atom is -0.395 e. The zero-order chi connectivity index (χ0) is 9.72. The number of hydrogen-bond acceptors (Lipinski definition) is 3. The van der Waals surface area contributed by atoms with Crippen molar-refractivity contribution < 1.29 is 0 Å². The van der Waals surface area contributed by atoms with E-state index in [-0.39, 0.29) is 0 Å². The third-order valence-corrected chi connectivity index (χ3v) is 1.49. The van der Waals surface area contributed by atoms with Crippen LogP contribution in [0.4, 0.5) is 5.69 Å². The van der Waals surface area contributed by atoms with Gasteiger partial charge in [0.05, 0.1) is 11.4 Å². The average Bonchev–Trinajstić information content (AvgIpc) is 2.36. The van der Waals surface area contributed by atoms with Gasteiger partial charge in [-0.1, -0.05) is 13.8 Å². The maximum absolute atomic E-state index is 8.45. The lowest BCUT2D eigenvalue weighted by molar-refractivity contribution is 0.737. The first-order valence-corrected chi connectivity index (χ1v) is 3.86. The average molecular weight is 166 g/mol. The van der Waals surface area contributed by atoms with Crippen molar-refractivity contribution in [2.45, 2.75) is 20.8 Å². The van der Waals surface area contributed by atoms with Gasteiger partial charge in [-0.05, 0) is 6.92 Å². The van der Waals surface area contributed by atoms with E-state index in [0.717, 1.165) is 5.69 Å². The minimum atomic E-state index is 0.306. The van der Waals surface area contributed by atoms with Gasteiger partial charge in [-0.15, -0.1) is 0 Å². The van der Waals surface area contributed by atoms with E-state index >= 15 is 0 Å². The van der Waals surface area contributed by atoms with Crippen molar-refractivity contribution in [1.29, 1.82) is 5.26 Å². The van der Waals surface area contributed by atoms with E-state index in [0.29, 0.717) is 11.4 Å². The summed E-state index contributed by atoms with van der Waals surface area (Å²) in [4.78, 5) is 0. The quantitative estimate of drug-likeness (QED) is 0.629. The van der Waals surface area contributed by atoms with Crippen molar-refractivity contribution in [2.75, 3.05) is 5.73 Å². The molecule has 1 heterocycles. The lowest BCUT2D eigenvalue weighted by atomic mass is 10.3. The van der Waals surface area contributed by atoms with Crippen LogP contribution in [0.5, 0.6) is 0 Å². The van der Waals surface area contributed by atoms with Crippen molar-refractivity contribution in [3.8, 4) is 6.07 Å². The molecule has 0 fully saturated rings. The number of nitriles is 1. The molecule has 0 bridgehead atoms. The van der Waals surface area contributed by atoms with Gasteiger partial charge in [0.1, 0.15) is 6.07 Å². The molecule has 0 radical (unpaired) electrons. The van der Waals surface area contributed by atoms with Gasteiger partial charge in [-0.3, -0.25) is 4.68 Å². The third-order valence-electron chi connectivity index (χ3n) is 1.49. The Morgan fingerprint density at radius 3 is 2.17 bits per heavy atom. The van der Waals surface area contributed by atoms with Crippen LogP contribution in [0.3, 0.4) is 0 Å². The van der Waals surface area contributed by atoms with Gasteiger partial charge in [0.2, 0.25) is 0 Å². The van der Waals surface area contributed by atoms with Crippen LogP contribution in [-0.4, -0.2) is 9.78 Å². The summed E-state index contributed by atoms with van der Waals surface area (Å²) in [5.74, 6) is 0. The summed E-state index contributed by atoms with van der Waals surface area (Å²) in [6.07, 6.45) is 0. The summed E-state index contributed by atoms with van der Waals surface area (Å²) in [6, 6.07) is 1.90. The summed E-state index contributed by atoms with van der Waals surface area (Å²) >= 11 is 0. The Balaban J connectivity index is 0.000000561. The fourth-order valence-electron chi connectivity index (χ4n) is 0.707. The van der Waals surface area contributed by atoms with Gasteiger partial charge in [0, 0.05) is 7.05 Å². The Labute approximate surface area is 72.6 Å². The van der Waals surface area contributed by atoms with Gasteiger partial charge in [-0.2, -0.15) is 10.4 Å². The molecular formula is C8H14N4. The molecule has 4 nitrogen and oxygen atoms in total. The van der Waals surface area contributed by atoms with Crippen molar-refractivity contribution >= 4 is 5.69 Å². The molecule has 0 saturated heterocycles. The SMILES string of the molecule is CC.Cc1c(N)c(C#N)nn1C. The molecule has 12 heavy (non-hydrogen) atoms. The number of nitrogen functional groups attached to an aromatic ring is 1. The number of anilines is 1. The number of rotatable bonds is 0. The molecular weight excluding hydrogens is 152 g/mol. The second-order valence-corrected chi connectivity index (χ2v) is 2.08. The molecule has 0 aliphatic heterocycles. The number of hydrogen-bond donors (Lipinski definition) is 1. The lowest BCUT2D eigenvalue weighted by Gasteiger charge is -1.90. The molecule has 0 aromatic carbocycles. The second-order valence-electron chi connectivity index (χ2n) is 2.08. The van der Waals surface area contributed by atoms with E-state index in [9.17, 15) is 0 Å². The van der Waals surface area contributed by atoms with Crippen LogP contribution in [0.2, 0.25) is 0 Å². The maximum Gasteiger partial charge on any atom is 0.185 e. The van der Waals surface area contributed by atoms with E-state index in [1.165, 1.54) is 0 Å². The lowest BCUT2D eigenvalue weighted by Crippen LogP contribution is -1.93. The predicted octanol–water partition coefficient (Wildman–Crippen LogP) is 1.21. The standard InChI is InChI=1S/C6H8N4.C2H6/c1-4-6(8)5(3-7)9-10(4)2;1-2/h8H2,1-2H3;1-2H3. The zero-order valence-electron chi connectivity index (χ0n) is 7.92. The third kappa shape index (κ3) is 1.76. The summed E-state index contributed by atoms with van der Waals surface area (Å²) < 4.78 is 1.59. The van der Waals surface area contributed by atoms with Crippen molar-refractivity contribution in [2.24, 2.45) is 7.05 Å². The van der Waals surface area contributed by atoms with Crippen molar-refractivity contribution in [3.63, 3.8) is 0 Å². The first-order chi connectivity index (χ1) is 5.66. The van der Waals surface area contributed by atoms with Gasteiger partial charge in [-0.25, -0.2) is 0 Å². The number of nitrogens with two attached hydrogens (primary N) is 1. The van der Waals surface area contributed by atoms with E-state index in [1.54, 1.807) is 11.7 Å². The highest BCUT2D eigenvalue weighted by Gasteiger charge is 2.06. The summed E-state index contributed by atoms with van der Waals surface area (Å²) in [5, 5.41) is 12.3. The molecule has 0 saturated carbocycles. The molecule has 4 heteroatoms. The van der Waals surface area contributed by atoms with E-state index in [1.807, 2.05) is 26.8 Å². The molecule has 0 unspecified atom stereocenters. The minimum absolute atomic E-state index is 0.306. The molecule has 0 amide bonds. The Morgan fingerprint density at radius 2 is 2.00 bits per heavy atom. The molecule has 0 aliphatic rings. The molecule has 1 aromatic heterocycles. The summed E-state index contributed by atoms with van der Waals surface area (Å²) in [5.41, 5.74) is 7.12. The fourth-order valence-corrected chi connectivity index (χ4v) is 0.707. The Kier molecular flexibility index (Phi) is 3.84. The second kappa shape index (κ2) is 4.39. The van der Waals surface area contributed by atoms with Crippen LogP contribution < -0.4 is 5.73 Å². The van der Waals surface area contributed by atoms with Crippen LogP contribution in [0.15, 0.2) is 0 Å². The molecule has 1 aromatic rings. The van der Waals surface area contributed by atoms with Crippen LogP contribution in [0.1, 0.15) is 25.2 Å². The Hall–Kier alpha value is -1.50. The van der Waals surface area contributed by atoms with Crippen molar-refractivity contribution in [3.05, 3.63) is 11.4 Å². The Morgan fingerprint density at radius 1 is 1.50 bits per heavy atom. The highest BCUT2D eigenvalue weighted by atomic mass is 15.3. The van der Waals surface area contributed by atoms with Gasteiger partial charge in [0.15, 0.2) is 5.69 Å². The molecule has 2 N–H and O–H groups in total. The summed E-state index contributed by atoms with van der Waals surface area (Å²) in [7, 11) is 1.76. The number of aryl methyl sites for hydroxylation is 1. The summed E-state index contributed by atoms with van der Waals surface area (Å²) in [6.45, 7) is 5.82. The van der Waals surface area contributed by atoms with Crippen LogP contribution >= 0.6 is 0 Å². The highest BCUT2D eigenvalue weighted by molar-refractivity contribution is 5.53. The smallest absolute Gasteiger partial charge is 0.185 e. The van der Waals surface area contributed by atoms with Crippen molar-refractivity contribution in [1.82, 2.24) is 9.78 Å². The first-order valence-electron chi connectivity index (χ1n) is 3.86. The number of nitrogens with zero attached hydrogens (tertiary/aromatic N) is 3. The molecule has 66 valence electrons. The fraction of sp³-hybridized carbons (Fsp3) is 0.500. The zero-order valence-corrected chi connectivity index (χ0v) is 7.92. The molecule has 0 atom stereocenters. The van der Waals surface area contributed by atoms with Crippen LogP contribution in [0, 0.1) is 18.3 Å². The molecule has 0 spiro atoms. The molecule has 1 rings (SSSR count). The molecule has 0 aliphatic carbocycles. The van der Waals surface area contributed by atoms with E-state index in [2.05, 4.69) is 5.10 Å². The highest BCUT2D eigenvalue weighted by Crippen LogP contribution is 2.12. The number of aromatic nitrogens is 2.